The monoisotopic (exact) mass is 470 g/mol. The number of nitrogens with one attached hydrogen (secondary N) is 1. The van der Waals surface area contributed by atoms with Crippen molar-refractivity contribution in [3.8, 4) is 11.5 Å². The van der Waals surface area contributed by atoms with E-state index in [2.05, 4.69) is 16.3 Å². The first-order valence-electron chi connectivity index (χ1n) is 13.2. The molecule has 3 aliphatic carbocycles. The number of hydrogen-bond acceptors (Lipinski definition) is 6. The van der Waals surface area contributed by atoms with Gasteiger partial charge in [0.25, 0.3) is 0 Å². The maximum Gasteiger partial charge on any atom is 0.320 e. The normalized spacial score (nSPS) is 39.1. The number of ether oxygens (including phenoxy) is 2. The molecule has 2 heterocycles. The van der Waals surface area contributed by atoms with Crippen LogP contribution >= 0.6 is 0 Å². The third kappa shape index (κ3) is 3.16. The number of methoxy groups -OCH3 is 1. The highest BCUT2D eigenvalue weighted by atomic mass is 16.5. The summed E-state index contributed by atoms with van der Waals surface area (Å²) in [6.45, 7) is 6.16. The Labute approximate surface area is 201 Å². The average Bonchev–Trinajstić information content (AvgIpc) is 3.49. The predicted octanol–water partition coefficient (Wildman–Crippen LogP) is 2.92. The molecule has 7 heteroatoms. The van der Waals surface area contributed by atoms with Crippen molar-refractivity contribution in [3.05, 3.63) is 23.3 Å². The molecule has 1 saturated heterocycles. The molecular formula is C27H38N2O5. The molecule has 0 radical (unpaired) electrons. The lowest BCUT2D eigenvalue weighted by Crippen LogP contribution is -2.69. The van der Waals surface area contributed by atoms with Crippen molar-refractivity contribution >= 4 is 5.97 Å². The van der Waals surface area contributed by atoms with Crippen LogP contribution in [0.25, 0.3) is 0 Å². The molecule has 186 valence electrons. The van der Waals surface area contributed by atoms with Gasteiger partial charge in [-0.2, -0.15) is 0 Å². The number of benzene rings is 1. The van der Waals surface area contributed by atoms with Crippen molar-refractivity contribution in [2.24, 2.45) is 17.8 Å². The number of carboxylic acid groups (broad SMARTS) is 1. The van der Waals surface area contributed by atoms with E-state index in [1.165, 1.54) is 11.1 Å². The highest BCUT2D eigenvalue weighted by Crippen LogP contribution is 2.64. The number of hydrogen-bond donors (Lipinski definition) is 3. The number of nitrogens with zero attached hydrogens (tertiary/aromatic N) is 1. The van der Waals surface area contributed by atoms with Gasteiger partial charge in [0.2, 0.25) is 0 Å². The fourth-order valence-electron chi connectivity index (χ4n) is 7.97. The fourth-order valence-corrected chi connectivity index (χ4v) is 7.97. The van der Waals surface area contributed by atoms with Gasteiger partial charge in [-0.3, -0.25) is 15.0 Å². The molecule has 0 aromatic heterocycles. The summed E-state index contributed by atoms with van der Waals surface area (Å²) >= 11 is 0. The molecule has 34 heavy (non-hydrogen) atoms. The molecule has 2 bridgehead atoms. The third-order valence-corrected chi connectivity index (χ3v) is 9.93. The summed E-state index contributed by atoms with van der Waals surface area (Å²) in [5, 5.41) is 24.2. The second-order valence-corrected chi connectivity index (χ2v) is 11.5. The van der Waals surface area contributed by atoms with Crippen LogP contribution < -0.4 is 10.1 Å². The van der Waals surface area contributed by atoms with Gasteiger partial charge < -0.3 is 19.7 Å². The van der Waals surface area contributed by atoms with E-state index in [-0.39, 0.29) is 29.2 Å². The number of aromatic hydroxyl groups is 1. The van der Waals surface area contributed by atoms with Crippen molar-refractivity contribution < 1.29 is 24.5 Å². The van der Waals surface area contributed by atoms with Gasteiger partial charge in [-0.1, -0.05) is 26.3 Å². The molecule has 2 saturated carbocycles. The molecule has 3 N–H and O–H groups in total. The standard InChI is InChI=1S/C27H38N2O5/c1-4-14(2)23(26(31)32)28-18-7-6-17-19-11-15-5-8-20(30)24-22(15)27(17,25(18)34-24)9-10-29(19)13-16-12-21(16)33-3/h5,8,14,16-19,21,23,25,28,30H,4,6-7,9-13H2,1-3H3,(H,31,32)/t14-,16?,17-,18+,19+,21?,23-,25-,27-/m0/s1. The summed E-state index contributed by atoms with van der Waals surface area (Å²) in [5.41, 5.74) is 2.38. The van der Waals surface area contributed by atoms with E-state index >= 15 is 0 Å². The summed E-state index contributed by atoms with van der Waals surface area (Å²) in [6, 6.07) is 3.71. The van der Waals surface area contributed by atoms with E-state index in [1.54, 1.807) is 6.07 Å². The lowest BCUT2D eigenvalue weighted by molar-refractivity contribution is -0.142. The Morgan fingerprint density at radius 1 is 1.38 bits per heavy atom. The summed E-state index contributed by atoms with van der Waals surface area (Å²) in [5.74, 6) is 1.22. The smallest absolute Gasteiger partial charge is 0.320 e. The largest absolute Gasteiger partial charge is 0.504 e. The first kappa shape index (κ1) is 22.6. The van der Waals surface area contributed by atoms with Gasteiger partial charge in [0, 0.05) is 42.6 Å². The van der Waals surface area contributed by atoms with Gasteiger partial charge in [0.05, 0.1) is 6.10 Å². The van der Waals surface area contributed by atoms with Crippen LogP contribution in [0.5, 0.6) is 11.5 Å². The van der Waals surface area contributed by atoms with Crippen LogP contribution in [0, 0.1) is 17.8 Å². The maximum atomic E-state index is 12.1. The van der Waals surface area contributed by atoms with Gasteiger partial charge in [-0.05, 0) is 62.1 Å². The van der Waals surface area contributed by atoms with Gasteiger partial charge in [0.15, 0.2) is 11.5 Å². The lowest BCUT2D eigenvalue weighted by Gasteiger charge is -2.60. The van der Waals surface area contributed by atoms with E-state index < -0.39 is 12.0 Å². The van der Waals surface area contributed by atoms with Gasteiger partial charge in [-0.25, -0.2) is 0 Å². The second kappa shape index (κ2) is 8.10. The molecule has 5 aliphatic rings. The summed E-state index contributed by atoms with van der Waals surface area (Å²) in [7, 11) is 1.82. The number of carboxylic acids is 1. The topological polar surface area (TPSA) is 91.3 Å². The Balaban J connectivity index is 1.35. The van der Waals surface area contributed by atoms with E-state index in [9.17, 15) is 15.0 Å². The van der Waals surface area contributed by atoms with Crippen LogP contribution in [0.3, 0.4) is 0 Å². The van der Waals surface area contributed by atoms with E-state index in [0.717, 1.165) is 51.6 Å². The summed E-state index contributed by atoms with van der Waals surface area (Å²) in [6.07, 6.45) is 6.18. The lowest BCUT2D eigenvalue weighted by atomic mass is 9.51. The molecule has 2 aliphatic heterocycles. The maximum absolute atomic E-state index is 12.1. The molecule has 3 fully saturated rings. The summed E-state index contributed by atoms with van der Waals surface area (Å²) < 4.78 is 12.2. The molecule has 6 rings (SSSR count). The zero-order valence-electron chi connectivity index (χ0n) is 20.5. The van der Waals surface area contributed by atoms with Crippen LogP contribution in [0.15, 0.2) is 12.1 Å². The zero-order chi connectivity index (χ0) is 23.8. The van der Waals surface area contributed by atoms with Crippen molar-refractivity contribution in [1.82, 2.24) is 10.2 Å². The second-order valence-electron chi connectivity index (χ2n) is 11.5. The predicted molar refractivity (Wildman–Crippen MR) is 127 cm³/mol. The summed E-state index contributed by atoms with van der Waals surface area (Å²) in [4.78, 5) is 14.8. The molecule has 1 aromatic rings. The van der Waals surface area contributed by atoms with Crippen molar-refractivity contribution in [2.75, 3.05) is 20.2 Å². The van der Waals surface area contributed by atoms with Crippen LogP contribution in [-0.2, 0) is 21.4 Å². The van der Waals surface area contributed by atoms with Crippen LogP contribution in [0.4, 0.5) is 0 Å². The minimum absolute atomic E-state index is 0.0358. The third-order valence-electron chi connectivity index (χ3n) is 9.93. The number of phenols is 1. The minimum Gasteiger partial charge on any atom is -0.504 e. The Kier molecular flexibility index (Phi) is 5.39. The van der Waals surface area contributed by atoms with Crippen molar-refractivity contribution in [2.45, 2.75) is 88.1 Å². The van der Waals surface area contributed by atoms with Crippen molar-refractivity contribution in [3.63, 3.8) is 0 Å². The number of rotatable bonds is 8. The number of phenolic OH excluding ortho intramolecular Hbond substituents is 1. The Morgan fingerprint density at radius 3 is 2.91 bits per heavy atom. The molecule has 0 amide bonds. The highest BCUT2D eigenvalue weighted by Gasteiger charge is 2.66. The van der Waals surface area contributed by atoms with E-state index in [4.69, 9.17) is 9.47 Å². The van der Waals surface area contributed by atoms with Crippen LogP contribution in [0.1, 0.15) is 57.1 Å². The van der Waals surface area contributed by atoms with Crippen molar-refractivity contribution in [1.29, 1.82) is 0 Å². The molecule has 1 aromatic carbocycles. The minimum atomic E-state index is -0.790. The number of carbonyl (C=O) groups is 1. The molecule has 7 nitrogen and oxygen atoms in total. The Bertz CT molecular complexity index is 984. The molecular weight excluding hydrogens is 432 g/mol. The quantitative estimate of drug-likeness (QED) is 0.538. The van der Waals surface area contributed by atoms with Gasteiger partial charge >= 0.3 is 5.97 Å². The number of aliphatic carboxylic acids is 1. The van der Waals surface area contributed by atoms with Gasteiger partial charge in [-0.15, -0.1) is 0 Å². The van der Waals surface area contributed by atoms with Crippen LogP contribution in [0.2, 0.25) is 0 Å². The Morgan fingerprint density at radius 2 is 2.21 bits per heavy atom. The zero-order valence-corrected chi connectivity index (χ0v) is 20.5. The first-order chi connectivity index (χ1) is 16.4. The highest BCUT2D eigenvalue weighted by molar-refractivity contribution is 5.74. The van der Waals surface area contributed by atoms with E-state index in [0.29, 0.717) is 29.7 Å². The molecule has 1 spiro atoms. The van der Waals surface area contributed by atoms with E-state index in [1.807, 2.05) is 21.0 Å². The molecule has 9 atom stereocenters. The fraction of sp³-hybridized carbons (Fsp3) is 0.741. The van der Waals surface area contributed by atoms with Crippen LogP contribution in [-0.4, -0.2) is 71.6 Å². The average molecular weight is 471 g/mol. The molecule has 2 unspecified atom stereocenters. The Hall–Kier alpha value is -1.83. The first-order valence-corrected chi connectivity index (χ1v) is 13.2. The SMILES string of the molecule is CC[C@H](C)[C@H](N[C@@H]1CC[C@H]2[C@H]3Cc4ccc(O)c5c4[C@@]2(CCN3CC2CC2OC)[C@H]1O5)C(=O)O. The van der Waals surface area contributed by atoms with Gasteiger partial charge in [0.1, 0.15) is 12.1 Å². The number of likely N-dealkylation sites (tertiary alicyclic amines) is 1. The number of piperidine rings is 1.